The standard InChI is InChI=1S/C13H27NO/c1-5-7-10(8-6-2)14-11-9-12(15)13(11,3)4/h10-12,14-15H,5-9H2,1-4H3. The fraction of sp³-hybridized carbons (Fsp3) is 1.00. The second-order valence-corrected chi connectivity index (χ2v) is 5.57. The molecular formula is C13H27NO. The van der Waals surface area contributed by atoms with Crippen molar-refractivity contribution in [3.8, 4) is 0 Å². The van der Waals surface area contributed by atoms with E-state index in [2.05, 4.69) is 33.0 Å². The van der Waals surface area contributed by atoms with Gasteiger partial charge in [-0.05, 0) is 19.3 Å². The van der Waals surface area contributed by atoms with Crippen molar-refractivity contribution in [3.05, 3.63) is 0 Å². The smallest absolute Gasteiger partial charge is 0.0621 e. The molecule has 0 spiro atoms. The molecule has 2 N–H and O–H groups in total. The highest BCUT2D eigenvalue weighted by Gasteiger charge is 2.47. The van der Waals surface area contributed by atoms with Gasteiger partial charge in [0.1, 0.15) is 0 Å². The molecule has 1 rings (SSSR count). The largest absolute Gasteiger partial charge is 0.392 e. The van der Waals surface area contributed by atoms with Crippen LogP contribution in [0.25, 0.3) is 0 Å². The van der Waals surface area contributed by atoms with Gasteiger partial charge in [0.05, 0.1) is 6.10 Å². The Labute approximate surface area is 94.5 Å². The van der Waals surface area contributed by atoms with Gasteiger partial charge in [-0.15, -0.1) is 0 Å². The molecule has 90 valence electrons. The number of aliphatic hydroxyl groups is 1. The van der Waals surface area contributed by atoms with Crippen LogP contribution in [0.3, 0.4) is 0 Å². The van der Waals surface area contributed by atoms with E-state index in [0.717, 1.165) is 6.42 Å². The third-order valence-electron chi connectivity index (χ3n) is 3.93. The molecule has 0 aliphatic heterocycles. The molecule has 0 radical (unpaired) electrons. The third-order valence-corrected chi connectivity index (χ3v) is 3.93. The minimum absolute atomic E-state index is 0.0692. The van der Waals surface area contributed by atoms with Gasteiger partial charge in [0, 0.05) is 17.5 Å². The van der Waals surface area contributed by atoms with Gasteiger partial charge < -0.3 is 10.4 Å². The van der Waals surface area contributed by atoms with Crippen molar-refractivity contribution in [2.24, 2.45) is 5.41 Å². The van der Waals surface area contributed by atoms with Crippen molar-refractivity contribution in [1.82, 2.24) is 5.32 Å². The van der Waals surface area contributed by atoms with E-state index in [1.807, 2.05) is 0 Å². The number of aliphatic hydroxyl groups excluding tert-OH is 1. The molecule has 0 aromatic rings. The maximum absolute atomic E-state index is 9.68. The molecular weight excluding hydrogens is 186 g/mol. The van der Waals surface area contributed by atoms with Crippen LogP contribution < -0.4 is 5.32 Å². The van der Waals surface area contributed by atoms with Crippen LogP contribution in [0.1, 0.15) is 59.8 Å². The number of rotatable bonds is 6. The Hall–Kier alpha value is -0.0800. The van der Waals surface area contributed by atoms with E-state index in [9.17, 15) is 5.11 Å². The van der Waals surface area contributed by atoms with Crippen LogP contribution in [0.15, 0.2) is 0 Å². The predicted octanol–water partition coefficient (Wildman–Crippen LogP) is 2.70. The van der Waals surface area contributed by atoms with Gasteiger partial charge in [-0.25, -0.2) is 0 Å². The van der Waals surface area contributed by atoms with Crippen LogP contribution in [0, 0.1) is 5.41 Å². The Morgan fingerprint density at radius 1 is 1.27 bits per heavy atom. The van der Waals surface area contributed by atoms with Crippen molar-refractivity contribution in [2.75, 3.05) is 0 Å². The van der Waals surface area contributed by atoms with Gasteiger partial charge >= 0.3 is 0 Å². The van der Waals surface area contributed by atoms with Gasteiger partial charge in [0.2, 0.25) is 0 Å². The molecule has 0 amide bonds. The average molecular weight is 213 g/mol. The molecule has 0 heterocycles. The molecule has 1 fully saturated rings. The van der Waals surface area contributed by atoms with Crippen molar-refractivity contribution in [2.45, 2.75) is 78.0 Å². The molecule has 15 heavy (non-hydrogen) atoms. The topological polar surface area (TPSA) is 32.3 Å². The molecule has 1 saturated carbocycles. The zero-order valence-electron chi connectivity index (χ0n) is 10.7. The highest BCUT2D eigenvalue weighted by Crippen LogP contribution is 2.40. The fourth-order valence-electron chi connectivity index (χ4n) is 2.48. The van der Waals surface area contributed by atoms with Crippen LogP contribution in [-0.4, -0.2) is 23.3 Å². The Morgan fingerprint density at radius 2 is 1.80 bits per heavy atom. The van der Waals surface area contributed by atoms with Crippen molar-refractivity contribution in [1.29, 1.82) is 0 Å². The zero-order chi connectivity index (χ0) is 11.5. The second-order valence-electron chi connectivity index (χ2n) is 5.57. The summed E-state index contributed by atoms with van der Waals surface area (Å²) in [7, 11) is 0. The van der Waals surface area contributed by atoms with Gasteiger partial charge in [-0.1, -0.05) is 40.5 Å². The summed E-state index contributed by atoms with van der Waals surface area (Å²) in [5, 5.41) is 13.4. The Bertz CT molecular complexity index is 185. The van der Waals surface area contributed by atoms with E-state index >= 15 is 0 Å². The Morgan fingerprint density at radius 3 is 2.13 bits per heavy atom. The normalized spacial score (nSPS) is 29.2. The first-order valence-electron chi connectivity index (χ1n) is 6.46. The van der Waals surface area contributed by atoms with Gasteiger partial charge in [0.25, 0.3) is 0 Å². The van der Waals surface area contributed by atoms with Crippen LogP contribution >= 0.6 is 0 Å². The predicted molar refractivity (Wildman–Crippen MR) is 64.9 cm³/mol. The quantitative estimate of drug-likeness (QED) is 0.711. The second kappa shape index (κ2) is 5.31. The lowest BCUT2D eigenvalue weighted by atomic mass is 9.64. The number of hydrogen-bond acceptors (Lipinski definition) is 2. The van der Waals surface area contributed by atoms with Crippen LogP contribution in [0.5, 0.6) is 0 Å². The molecule has 2 unspecified atom stereocenters. The summed E-state index contributed by atoms with van der Waals surface area (Å²) in [6, 6.07) is 1.16. The summed E-state index contributed by atoms with van der Waals surface area (Å²) < 4.78 is 0. The molecule has 0 bridgehead atoms. The first-order chi connectivity index (χ1) is 7.02. The first kappa shape index (κ1) is 13.0. The zero-order valence-corrected chi connectivity index (χ0v) is 10.7. The number of nitrogens with one attached hydrogen (secondary N) is 1. The fourth-order valence-corrected chi connectivity index (χ4v) is 2.48. The van der Waals surface area contributed by atoms with E-state index in [1.165, 1.54) is 25.7 Å². The summed E-state index contributed by atoms with van der Waals surface area (Å²) in [4.78, 5) is 0. The molecule has 0 aromatic heterocycles. The SMILES string of the molecule is CCCC(CCC)NC1CC(O)C1(C)C. The summed E-state index contributed by atoms with van der Waals surface area (Å²) in [6.07, 6.45) is 5.82. The lowest BCUT2D eigenvalue weighted by Crippen LogP contribution is -2.61. The molecule has 0 saturated heterocycles. The van der Waals surface area contributed by atoms with Gasteiger partial charge in [-0.3, -0.25) is 0 Å². The monoisotopic (exact) mass is 213 g/mol. The van der Waals surface area contributed by atoms with E-state index in [0.29, 0.717) is 12.1 Å². The van der Waals surface area contributed by atoms with E-state index in [1.54, 1.807) is 0 Å². The molecule has 1 aliphatic rings. The molecule has 2 nitrogen and oxygen atoms in total. The maximum Gasteiger partial charge on any atom is 0.0621 e. The minimum atomic E-state index is -0.112. The van der Waals surface area contributed by atoms with Crippen LogP contribution in [0.4, 0.5) is 0 Å². The summed E-state index contributed by atoms with van der Waals surface area (Å²) >= 11 is 0. The molecule has 0 aromatic carbocycles. The van der Waals surface area contributed by atoms with Crippen LogP contribution in [-0.2, 0) is 0 Å². The molecule has 2 atom stereocenters. The van der Waals surface area contributed by atoms with E-state index in [-0.39, 0.29) is 11.5 Å². The average Bonchev–Trinajstić information content (AvgIpc) is 2.18. The van der Waals surface area contributed by atoms with Gasteiger partial charge in [0.15, 0.2) is 0 Å². The lowest BCUT2D eigenvalue weighted by Gasteiger charge is -2.51. The van der Waals surface area contributed by atoms with E-state index in [4.69, 9.17) is 0 Å². The summed E-state index contributed by atoms with van der Waals surface area (Å²) in [5.74, 6) is 0. The summed E-state index contributed by atoms with van der Waals surface area (Å²) in [6.45, 7) is 8.80. The van der Waals surface area contributed by atoms with Crippen molar-refractivity contribution >= 4 is 0 Å². The Kier molecular flexibility index (Phi) is 4.60. The molecule has 1 aliphatic carbocycles. The Balaban J connectivity index is 2.38. The maximum atomic E-state index is 9.68. The van der Waals surface area contributed by atoms with Crippen molar-refractivity contribution < 1.29 is 5.11 Å². The van der Waals surface area contributed by atoms with Crippen LogP contribution in [0.2, 0.25) is 0 Å². The minimum Gasteiger partial charge on any atom is -0.392 e. The highest BCUT2D eigenvalue weighted by atomic mass is 16.3. The summed E-state index contributed by atoms with van der Waals surface area (Å²) in [5.41, 5.74) is 0.0692. The number of hydrogen-bond donors (Lipinski definition) is 2. The highest BCUT2D eigenvalue weighted by molar-refractivity contribution is 5.02. The first-order valence-corrected chi connectivity index (χ1v) is 6.46. The van der Waals surface area contributed by atoms with E-state index < -0.39 is 0 Å². The third kappa shape index (κ3) is 2.94. The lowest BCUT2D eigenvalue weighted by molar-refractivity contribution is -0.0764. The van der Waals surface area contributed by atoms with Gasteiger partial charge in [-0.2, -0.15) is 0 Å². The van der Waals surface area contributed by atoms with Crippen molar-refractivity contribution in [3.63, 3.8) is 0 Å². The molecule has 2 heteroatoms.